The maximum absolute atomic E-state index is 5.13. The molecule has 0 saturated carbocycles. The molecule has 0 bridgehead atoms. The molecule has 2 rings (SSSR count). The zero-order chi connectivity index (χ0) is 6.10. The van der Waals surface area contributed by atoms with Crippen molar-refractivity contribution in [1.82, 2.24) is 0 Å². The van der Waals surface area contributed by atoms with Gasteiger partial charge in [0.25, 0.3) is 0 Å². The first-order valence-corrected chi connectivity index (χ1v) is 2.84. The van der Waals surface area contributed by atoms with E-state index in [0.717, 1.165) is 5.76 Å². The van der Waals surface area contributed by atoms with Gasteiger partial charge in [0.1, 0.15) is 11.9 Å². The third-order valence-electron chi connectivity index (χ3n) is 1.35. The van der Waals surface area contributed by atoms with E-state index >= 15 is 0 Å². The highest BCUT2D eigenvalue weighted by molar-refractivity contribution is 5.22. The molecule has 1 fully saturated rings. The lowest BCUT2D eigenvalue weighted by Crippen LogP contribution is -2.03. The molecule has 1 heterocycles. The molecule has 0 radical (unpaired) electrons. The van der Waals surface area contributed by atoms with E-state index in [-0.39, 0.29) is 6.10 Å². The van der Waals surface area contributed by atoms with E-state index in [9.17, 15) is 0 Å². The highest BCUT2D eigenvalue weighted by Crippen LogP contribution is 2.19. The van der Waals surface area contributed by atoms with Crippen LogP contribution in [0.3, 0.4) is 0 Å². The SMILES string of the molecule is C1=CC=C2OCOC2C=1. The van der Waals surface area contributed by atoms with Crippen LogP contribution in [-0.4, -0.2) is 12.9 Å². The number of fused-ring (bicyclic) bond motifs is 1. The number of hydrogen-bond acceptors (Lipinski definition) is 2. The summed E-state index contributed by atoms with van der Waals surface area (Å²) in [5.74, 6) is 0.897. The fourth-order valence-corrected chi connectivity index (χ4v) is 0.886. The lowest BCUT2D eigenvalue weighted by molar-refractivity contribution is 0.0630. The van der Waals surface area contributed by atoms with Crippen LogP contribution in [0.15, 0.2) is 29.7 Å². The Bertz CT molecular complexity index is 209. The minimum atomic E-state index is 0.0370. The molecule has 46 valence electrons. The van der Waals surface area contributed by atoms with E-state index in [1.54, 1.807) is 0 Å². The Morgan fingerprint density at radius 2 is 2.67 bits per heavy atom. The first-order chi connectivity index (χ1) is 4.47. The number of hydrogen-bond donors (Lipinski definition) is 0. The maximum Gasteiger partial charge on any atom is 0.190 e. The van der Waals surface area contributed by atoms with Gasteiger partial charge in [0.2, 0.25) is 0 Å². The molecule has 0 amide bonds. The average Bonchev–Trinajstić information content (AvgIpc) is 2.33. The van der Waals surface area contributed by atoms with Gasteiger partial charge in [-0.15, -0.1) is 5.73 Å². The van der Waals surface area contributed by atoms with Crippen LogP contribution < -0.4 is 0 Å². The quantitative estimate of drug-likeness (QED) is 0.446. The van der Waals surface area contributed by atoms with E-state index in [2.05, 4.69) is 5.73 Å². The fraction of sp³-hybridized carbons (Fsp3) is 0.286. The van der Waals surface area contributed by atoms with E-state index in [1.807, 2.05) is 18.2 Å². The highest BCUT2D eigenvalue weighted by atomic mass is 16.7. The molecule has 1 unspecified atom stereocenters. The predicted octanol–water partition coefficient (Wildman–Crippen LogP) is 0.968. The molecule has 0 aromatic rings. The second-order valence-electron chi connectivity index (χ2n) is 1.92. The van der Waals surface area contributed by atoms with Crippen LogP contribution in [0.1, 0.15) is 0 Å². The van der Waals surface area contributed by atoms with Crippen molar-refractivity contribution in [1.29, 1.82) is 0 Å². The van der Waals surface area contributed by atoms with Gasteiger partial charge in [-0.3, -0.25) is 0 Å². The molecule has 1 saturated heterocycles. The van der Waals surface area contributed by atoms with Gasteiger partial charge in [0.15, 0.2) is 6.79 Å². The fourth-order valence-electron chi connectivity index (χ4n) is 0.886. The standard InChI is InChI=1S/C7H6O2/c1-2-4-7-6(3-1)8-5-9-7/h1,3-4,7H,5H2. The maximum atomic E-state index is 5.13. The predicted molar refractivity (Wildman–Crippen MR) is 31.6 cm³/mol. The van der Waals surface area contributed by atoms with E-state index in [1.165, 1.54) is 0 Å². The summed E-state index contributed by atoms with van der Waals surface area (Å²) in [7, 11) is 0. The lowest BCUT2D eigenvalue weighted by atomic mass is 10.2. The van der Waals surface area contributed by atoms with Crippen molar-refractivity contribution in [3.05, 3.63) is 29.7 Å². The summed E-state index contributed by atoms with van der Waals surface area (Å²) in [5, 5.41) is 0. The molecule has 1 aliphatic heterocycles. The summed E-state index contributed by atoms with van der Waals surface area (Å²) in [6, 6.07) is 0. The van der Waals surface area contributed by atoms with Crippen LogP contribution >= 0.6 is 0 Å². The van der Waals surface area contributed by atoms with E-state index in [4.69, 9.17) is 9.47 Å². The molecule has 0 aromatic carbocycles. The van der Waals surface area contributed by atoms with Crippen molar-refractivity contribution in [2.75, 3.05) is 6.79 Å². The van der Waals surface area contributed by atoms with Crippen molar-refractivity contribution >= 4 is 0 Å². The molecule has 1 atom stereocenters. The van der Waals surface area contributed by atoms with Gasteiger partial charge in [-0.05, 0) is 18.2 Å². The zero-order valence-electron chi connectivity index (χ0n) is 4.83. The smallest absolute Gasteiger partial charge is 0.190 e. The van der Waals surface area contributed by atoms with Crippen LogP contribution in [0.5, 0.6) is 0 Å². The molecule has 2 nitrogen and oxygen atoms in total. The number of rotatable bonds is 0. The Labute approximate surface area is 53.1 Å². The average molecular weight is 122 g/mol. The third kappa shape index (κ3) is 0.689. The lowest BCUT2D eigenvalue weighted by Gasteiger charge is -2.01. The molecular weight excluding hydrogens is 116 g/mol. The van der Waals surface area contributed by atoms with Gasteiger partial charge in [0.05, 0.1) is 0 Å². The molecular formula is C7H6O2. The molecule has 0 aromatic heterocycles. The summed E-state index contributed by atoms with van der Waals surface area (Å²) in [6.45, 7) is 0.377. The third-order valence-corrected chi connectivity index (χ3v) is 1.35. The monoisotopic (exact) mass is 122 g/mol. The molecule has 0 spiro atoms. The first-order valence-electron chi connectivity index (χ1n) is 2.84. The summed E-state index contributed by atoms with van der Waals surface area (Å²) >= 11 is 0. The van der Waals surface area contributed by atoms with E-state index in [0.29, 0.717) is 6.79 Å². The van der Waals surface area contributed by atoms with Gasteiger partial charge in [-0.2, -0.15) is 0 Å². The Hall–Kier alpha value is -0.980. The summed E-state index contributed by atoms with van der Waals surface area (Å²) in [5.41, 5.74) is 2.92. The summed E-state index contributed by atoms with van der Waals surface area (Å²) in [6.07, 6.45) is 5.58. The summed E-state index contributed by atoms with van der Waals surface area (Å²) < 4.78 is 10.2. The van der Waals surface area contributed by atoms with Crippen molar-refractivity contribution in [2.45, 2.75) is 6.10 Å². The van der Waals surface area contributed by atoms with Crippen molar-refractivity contribution in [3.63, 3.8) is 0 Å². The van der Waals surface area contributed by atoms with Crippen LogP contribution in [0, 0.1) is 0 Å². The minimum Gasteiger partial charge on any atom is -0.469 e. The molecule has 1 aliphatic carbocycles. The van der Waals surface area contributed by atoms with Gasteiger partial charge >= 0.3 is 0 Å². The number of allylic oxidation sites excluding steroid dienone is 1. The minimum absolute atomic E-state index is 0.0370. The Balaban J connectivity index is 2.35. The Kier molecular flexibility index (Phi) is 0.950. The first kappa shape index (κ1) is 4.86. The molecule has 9 heavy (non-hydrogen) atoms. The molecule has 2 aliphatic rings. The molecule has 2 heteroatoms. The van der Waals surface area contributed by atoms with E-state index < -0.39 is 0 Å². The molecule has 0 N–H and O–H groups in total. The van der Waals surface area contributed by atoms with Crippen LogP contribution in [0.25, 0.3) is 0 Å². The summed E-state index contributed by atoms with van der Waals surface area (Å²) in [4.78, 5) is 0. The topological polar surface area (TPSA) is 18.5 Å². The van der Waals surface area contributed by atoms with Gasteiger partial charge in [-0.25, -0.2) is 0 Å². The second kappa shape index (κ2) is 1.76. The van der Waals surface area contributed by atoms with Crippen LogP contribution in [0.2, 0.25) is 0 Å². The Morgan fingerprint density at radius 1 is 1.67 bits per heavy atom. The zero-order valence-corrected chi connectivity index (χ0v) is 4.83. The van der Waals surface area contributed by atoms with Gasteiger partial charge < -0.3 is 9.47 Å². The second-order valence-corrected chi connectivity index (χ2v) is 1.92. The van der Waals surface area contributed by atoms with Gasteiger partial charge in [0, 0.05) is 0 Å². The van der Waals surface area contributed by atoms with Gasteiger partial charge in [-0.1, -0.05) is 0 Å². The Morgan fingerprint density at radius 3 is 3.56 bits per heavy atom. The van der Waals surface area contributed by atoms with Crippen LogP contribution in [-0.2, 0) is 9.47 Å². The van der Waals surface area contributed by atoms with Crippen molar-refractivity contribution < 1.29 is 9.47 Å². The highest BCUT2D eigenvalue weighted by Gasteiger charge is 2.20. The largest absolute Gasteiger partial charge is 0.469 e. The number of ether oxygens (including phenoxy) is 2. The van der Waals surface area contributed by atoms with Crippen molar-refractivity contribution in [2.24, 2.45) is 0 Å². The van der Waals surface area contributed by atoms with Crippen molar-refractivity contribution in [3.8, 4) is 0 Å². The normalized spacial score (nSPS) is 29.3. The van der Waals surface area contributed by atoms with Crippen LogP contribution in [0.4, 0.5) is 0 Å².